The molecule has 0 fully saturated rings. The standard InChI is InChI=1S/C8H9FS/c1-7-2-4-8(5-3-7)6-10-9/h2-5H,6H2,1H3. The fourth-order valence-electron chi connectivity index (χ4n) is 0.747. The third-order valence-corrected chi connectivity index (χ3v) is 1.78. The van der Waals surface area contributed by atoms with E-state index in [1.54, 1.807) is 0 Å². The predicted molar refractivity (Wildman–Crippen MR) is 43.6 cm³/mol. The first-order valence-corrected chi connectivity index (χ1v) is 4.00. The maximum atomic E-state index is 11.7. The highest BCUT2D eigenvalue weighted by atomic mass is 32.2. The summed E-state index contributed by atoms with van der Waals surface area (Å²) in [5.41, 5.74) is 2.26. The smallest absolute Gasteiger partial charge is 0.0501 e. The summed E-state index contributed by atoms with van der Waals surface area (Å²) in [7, 11) is 0. The van der Waals surface area contributed by atoms with Crippen LogP contribution in [0.15, 0.2) is 24.3 Å². The molecule has 0 amide bonds. The van der Waals surface area contributed by atoms with Gasteiger partial charge in [0.05, 0.1) is 5.75 Å². The van der Waals surface area contributed by atoms with E-state index in [4.69, 9.17) is 0 Å². The molecule has 1 aromatic rings. The zero-order valence-electron chi connectivity index (χ0n) is 5.80. The number of aryl methyl sites for hydroxylation is 1. The van der Waals surface area contributed by atoms with Crippen LogP contribution in [0.3, 0.4) is 0 Å². The largest absolute Gasteiger partial charge is 0.165 e. The third kappa shape index (κ3) is 2.03. The van der Waals surface area contributed by atoms with E-state index in [-0.39, 0.29) is 0 Å². The van der Waals surface area contributed by atoms with Gasteiger partial charge in [0.25, 0.3) is 0 Å². The molecule has 0 saturated heterocycles. The van der Waals surface area contributed by atoms with Gasteiger partial charge in [-0.3, -0.25) is 0 Å². The Hall–Kier alpha value is -0.500. The minimum absolute atomic E-state index is 0.361. The molecule has 2 heteroatoms. The monoisotopic (exact) mass is 156 g/mol. The van der Waals surface area contributed by atoms with Crippen LogP contribution < -0.4 is 0 Å². The van der Waals surface area contributed by atoms with E-state index in [1.165, 1.54) is 5.56 Å². The molecule has 0 bridgehead atoms. The van der Waals surface area contributed by atoms with Gasteiger partial charge in [0.15, 0.2) is 0 Å². The fraction of sp³-hybridized carbons (Fsp3) is 0.250. The van der Waals surface area contributed by atoms with Crippen LogP contribution >= 0.6 is 12.1 Å². The summed E-state index contributed by atoms with van der Waals surface area (Å²) in [6, 6.07) is 7.88. The van der Waals surface area contributed by atoms with Gasteiger partial charge in [-0.05, 0) is 12.5 Å². The first-order valence-electron chi connectivity index (χ1n) is 3.12. The molecule has 0 radical (unpaired) electrons. The van der Waals surface area contributed by atoms with Gasteiger partial charge in [0, 0.05) is 12.1 Å². The lowest BCUT2D eigenvalue weighted by molar-refractivity contribution is 0.933. The molecule has 0 aliphatic heterocycles. The third-order valence-electron chi connectivity index (χ3n) is 1.34. The maximum Gasteiger partial charge on any atom is 0.0501 e. The fourth-order valence-corrected chi connectivity index (χ4v) is 1.07. The summed E-state index contributed by atoms with van der Waals surface area (Å²) in [4.78, 5) is 0. The molecule has 0 aromatic heterocycles. The topological polar surface area (TPSA) is 0 Å². The Labute approximate surface area is 64.7 Å². The van der Waals surface area contributed by atoms with Crippen LogP contribution in [-0.4, -0.2) is 0 Å². The molecule has 54 valence electrons. The van der Waals surface area contributed by atoms with Gasteiger partial charge in [-0.1, -0.05) is 29.8 Å². The van der Waals surface area contributed by atoms with Crippen molar-refractivity contribution in [1.82, 2.24) is 0 Å². The Morgan fingerprint density at radius 3 is 2.40 bits per heavy atom. The molecule has 0 spiro atoms. The molecule has 0 atom stereocenters. The highest BCUT2D eigenvalue weighted by Gasteiger charge is 1.90. The van der Waals surface area contributed by atoms with E-state index >= 15 is 0 Å². The van der Waals surface area contributed by atoms with Gasteiger partial charge < -0.3 is 0 Å². The number of halogens is 1. The van der Waals surface area contributed by atoms with Gasteiger partial charge in [-0.25, -0.2) is 0 Å². The Morgan fingerprint density at radius 2 is 1.90 bits per heavy atom. The molecule has 1 rings (SSSR count). The Balaban J connectivity index is 2.69. The molecule has 0 saturated carbocycles. The normalized spacial score (nSPS) is 9.80. The molecule has 10 heavy (non-hydrogen) atoms. The van der Waals surface area contributed by atoms with Crippen LogP contribution in [0.5, 0.6) is 0 Å². The van der Waals surface area contributed by atoms with E-state index in [9.17, 15) is 3.89 Å². The summed E-state index contributed by atoms with van der Waals surface area (Å²) >= 11 is 0.361. The van der Waals surface area contributed by atoms with Crippen LogP contribution in [0.2, 0.25) is 0 Å². The van der Waals surface area contributed by atoms with Gasteiger partial charge in [-0.2, -0.15) is 3.89 Å². The molecule has 0 nitrogen and oxygen atoms in total. The predicted octanol–water partition coefficient (Wildman–Crippen LogP) is 3.11. The summed E-state index contributed by atoms with van der Waals surface area (Å²) in [5.74, 6) is 0.459. The summed E-state index contributed by atoms with van der Waals surface area (Å²) in [6.45, 7) is 2.02. The Bertz CT molecular complexity index is 193. The summed E-state index contributed by atoms with van der Waals surface area (Å²) in [6.07, 6.45) is 0. The lowest BCUT2D eigenvalue weighted by atomic mass is 10.2. The van der Waals surface area contributed by atoms with Gasteiger partial charge in [0.2, 0.25) is 0 Å². The maximum absolute atomic E-state index is 11.7. The van der Waals surface area contributed by atoms with E-state index in [1.807, 2.05) is 31.2 Å². The van der Waals surface area contributed by atoms with Crippen LogP contribution in [0, 0.1) is 6.92 Å². The second-order valence-electron chi connectivity index (χ2n) is 2.24. The van der Waals surface area contributed by atoms with Crippen LogP contribution in [0.25, 0.3) is 0 Å². The molecule has 0 unspecified atom stereocenters. The van der Waals surface area contributed by atoms with Gasteiger partial charge in [0.1, 0.15) is 0 Å². The van der Waals surface area contributed by atoms with Crippen molar-refractivity contribution < 1.29 is 3.89 Å². The first kappa shape index (κ1) is 7.61. The second-order valence-corrected chi connectivity index (χ2v) is 2.75. The van der Waals surface area contributed by atoms with E-state index in [0.29, 0.717) is 17.9 Å². The van der Waals surface area contributed by atoms with Crippen LogP contribution in [-0.2, 0) is 5.75 Å². The molecular formula is C8H9FS. The van der Waals surface area contributed by atoms with Crippen molar-refractivity contribution in [2.45, 2.75) is 12.7 Å². The molecule has 1 aromatic carbocycles. The van der Waals surface area contributed by atoms with Crippen molar-refractivity contribution in [3.05, 3.63) is 35.4 Å². The number of benzene rings is 1. The van der Waals surface area contributed by atoms with Crippen molar-refractivity contribution >= 4 is 12.1 Å². The van der Waals surface area contributed by atoms with E-state index in [2.05, 4.69) is 0 Å². The minimum Gasteiger partial charge on any atom is -0.165 e. The Morgan fingerprint density at radius 1 is 1.30 bits per heavy atom. The average molecular weight is 156 g/mol. The van der Waals surface area contributed by atoms with Crippen molar-refractivity contribution in [3.63, 3.8) is 0 Å². The number of hydrogen-bond acceptors (Lipinski definition) is 1. The van der Waals surface area contributed by atoms with E-state index < -0.39 is 0 Å². The van der Waals surface area contributed by atoms with Crippen molar-refractivity contribution in [1.29, 1.82) is 0 Å². The van der Waals surface area contributed by atoms with Crippen LogP contribution in [0.4, 0.5) is 3.89 Å². The molecular weight excluding hydrogens is 147 g/mol. The SMILES string of the molecule is Cc1ccc(CSF)cc1. The van der Waals surface area contributed by atoms with E-state index in [0.717, 1.165) is 5.56 Å². The zero-order valence-corrected chi connectivity index (χ0v) is 6.62. The van der Waals surface area contributed by atoms with Crippen molar-refractivity contribution in [2.75, 3.05) is 0 Å². The van der Waals surface area contributed by atoms with Crippen molar-refractivity contribution in [3.8, 4) is 0 Å². The van der Waals surface area contributed by atoms with Crippen molar-refractivity contribution in [2.24, 2.45) is 0 Å². The average Bonchev–Trinajstić information content (AvgIpc) is 1.95. The van der Waals surface area contributed by atoms with Gasteiger partial charge in [-0.15, -0.1) is 0 Å². The first-order chi connectivity index (χ1) is 4.83. The quantitative estimate of drug-likeness (QED) is 0.634. The molecule has 0 aliphatic carbocycles. The van der Waals surface area contributed by atoms with Crippen LogP contribution in [0.1, 0.15) is 11.1 Å². The number of rotatable bonds is 2. The highest BCUT2D eigenvalue weighted by molar-refractivity contribution is 7.93. The molecule has 0 N–H and O–H groups in total. The molecule has 0 heterocycles. The number of hydrogen-bond donors (Lipinski definition) is 0. The Kier molecular flexibility index (Phi) is 2.75. The second kappa shape index (κ2) is 3.62. The minimum atomic E-state index is 0.361. The summed E-state index contributed by atoms with van der Waals surface area (Å²) in [5, 5.41) is 0. The lowest BCUT2D eigenvalue weighted by Crippen LogP contribution is -1.77. The zero-order chi connectivity index (χ0) is 7.40. The molecule has 0 aliphatic rings. The highest BCUT2D eigenvalue weighted by Crippen LogP contribution is 2.12. The van der Waals surface area contributed by atoms with Gasteiger partial charge >= 0.3 is 0 Å². The summed E-state index contributed by atoms with van der Waals surface area (Å²) < 4.78 is 11.7. The lowest BCUT2D eigenvalue weighted by Gasteiger charge is -1.95.